The number of benzene rings is 2. The number of imide groups is 1. The lowest BCUT2D eigenvalue weighted by Crippen LogP contribution is -2.47. The molecule has 1 saturated heterocycles. The molecule has 2 aromatic carbocycles. The van der Waals surface area contributed by atoms with E-state index < -0.39 is 34.0 Å². The topological polar surface area (TPSA) is 122 Å². The molecule has 1 heterocycles. The predicted octanol–water partition coefficient (Wildman–Crippen LogP) is 2.36. The van der Waals surface area contributed by atoms with E-state index in [1.54, 1.807) is 30.3 Å². The summed E-state index contributed by atoms with van der Waals surface area (Å²) in [7, 11) is 0. The highest BCUT2D eigenvalue weighted by atomic mass is 35.5. The summed E-state index contributed by atoms with van der Waals surface area (Å²) in [5.74, 6) is -1.55. The van der Waals surface area contributed by atoms with Crippen LogP contribution in [-0.2, 0) is 10.3 Å². The Kier molecular flexibility index (Phi) is 4.54. The first-order chi connectivity index (χ1) is 12.7. The fourth-order valence-corrected chi connectivity index (χ4v) is 2.85. The van der Waals surface area contributed by atoms with Crippen molar-refractivity contribution < 1.29 is 19.3 Å². The standard InChI is InChI=1S/C17H13ClN4O5/c1-17(11-5-3-2-4-6-11)15(24)21(16(25)19-17)20-14(23)10-7-8-12(18)13(9-10)22(26)27/h2-9H,1H3,(H,19,25)(H,20,23)/t17-/m0/s1. The third-order valence-corrected chi connectivity index (χ3v) is 4.48. The van der Waals surface area contributed by atoms with E-state index in [0.717, 1.165) is 6.07 Å². The zero-order chi connectivity index (χ0) is 19.8. The molecule has 27 heavy (non-hydrogen) atoms. The van der Waals surface area contributed by atoms with Crippen LogP contribution in [0.4, 0.5) is 10.5 Å². The van der Waals surface area contributed by atoms with Crippen LogP contribution in [0.5, 0.6) is 0 Å². The molecule has 2 aromatic rings. The average Bonchev–Trinajstić information content (AvgIpc) is 2.86. The monoisotopic (exact) mass is 388 g/mol. The maximum absolute atomic E-state index is 12.7. The number of amides is 4. The summed E-state index contributed by atoms with van der Waals surface area (Å²) in [4.78, 5) is 47.5. The molecule has 0 aliphatic carbocycles. The predicted molar refractivity (Wildman–Crippen MR) is 94.7 cm³/mol. The molecule has 1 aliphatic heterocycles. The Morgan fingerprint density at radius 1 is 1.22 bits per heavy atom. The first-order valence-electron chi connectivity index (χ1n) is 7.71. The van der Waals surface area contributed by atoms with Crippen LogP contribution < -0.4 is 10.7 Å². The lowest BCUT2D eigenvalue weighted by Gasteiger charge is -2.22. The Morgan fingerprint density at radius 2 is 1.89 bits per heavy atom. The Hall–Kier alpha value is -3.46. The van der Waals surface area contributed by atoms with Crippen molar-refractivity contribution in [2.75, 3.05) is 0 Å². The number of hydrogen-bond donors (Lipinski definition) is 2. The molecule has 2 N–H and O–H groups in total. The molecule has 4 amide bonds. The van der Waals surface area contributed by atoms with Crippen LogP contribution in [-0.4, -0.2) is 27.8 Å². The molecule has 1 fully saturated rings. The Morgan fingerprint density at radius 3 is 2.52 bits per heavy atom. The van der Waals surface area contributed by atoms with Crippen LogP contribution >= 0.6 is 11.6 Å². The van der Waals surface area contributed by atoms with Gasteiger partial charge in [-0.05, 0) is 24.6 Å². The number of nitrogens with zero attached hydrogens (tertiary/aromatic N) is 2. The molecule has 9 nitrogen and oxygen atoms in total. The summed E-state index contributed by atoms with van der Waals surface area (Å²) in [5, 5.41) is 13.9. The molecule has 0 bridgehead atoms. The van der Waals surface area contributed by atoms with Gasteiger partial charge in [0, 0.05) is 11.6 Å². The van der Waals surface area contributed by atoms with Gasteiger partial charge in [0.25, 0.3) is 17.5 Å². The van der Waals surface area contributed by atoms with Crippen LogP contribution in [0.3, 0.4) is 0 Å². The fraction of sp³-hybridized carbons (Fsp3) is 0.118. The zero-order valence-electron chi connectivity index (χ0n) is 13.9. The minimum Gasteiger partial charge on any atom is -0.318 e. The van der Waals surface area contributed by atoms with E-state index in [-0.39, 0.29) is 10.6 Å². The number of nitro benzene ring substituents is 1. The van der Waals surface area contributed by atoms with Crippen LogP contribution in [0.15, 0.2) is 48.5 Å². The van der Waals surface area contributed by atoms with Gasteiger partial charge in [-0.1, -0.05) is 41.9 Å². The van der Waals surface area contributed by atoms with Crippen molar-refractivity contribution in [3.8, 4) is 0 Å². The number of nitrogens with one attached hydrogen (secondary N) is 2. The minimum atomic E-state index is -1.35. The van der Waals surface area contributed by atoms with E-state index in [2.05, 4.69) is 10.7 Å². The summed E-state index contributed by atoms with van der Waals surface area (Å²) < 4.78 is 0. The number of hydrazine groups is 1. The van der Waals surface area contributed by atoms with Gasteiger partial charge in [0.1, 0.15) is 10.6 Å². The van der Waals surface area contributed by atoms with E-state index in [0.29, 0.717) is 10.6 Å². The number of nitro groups is 1. The maximum atomic E-state index is 12.7. The lowest BCUT2D eigenvalue weighted by molar-refractivity contribution is -0.384. The minimum absolute atomic E-state index is 0.125. The van der Waals surface area contributed by atoms with Crippen molar-refractivity contribution in [3.05, 3.63) is 74.8 Å². The number of rotatable bonds is 4. The highest BCUT2D eigenvalue weighted by molar-refractivity contribution is 6.32. The number of urea groups is 1. The fourth-order valence-electron chi connectivity index (χ4n) is 2.67. The van der Waals surface area contributed by atoms with Gasteiger partial charge >= 0.3 is 6.03 Å². The van der Waals surface area contributed by atoms with Crippen LogP contribution in [0.1, 0.15) is 22.8 Å². The molecule has 138 valence electrons. The van der Waals surface area contributed by atoms with Gasteiger partial charge in [0.05, 0.1) is 4.92 Å². The summed E-state index contributed by atoms with van der Waals surface area (Å²) in [6.45, 7) is 1.52. The second-order valence-electron chi connectivity index (χ2n) is 5.93. The number of carbonyl (C=O) groups excluding carboxylic acids is 3. The molecule has 1 aliphatic rings. The number of carbonyl (C=O) groups is 3. The van der Waals surface area contributed by atoms with Crippen molar-refractivity contribution in [3.63, 3.8) is 0 Å². The largest absolute Gasteiger partial charge is 0.344 e. The highest BCUT2D eigenvalue weighted by Crippen LogP contribution is 2.28. The average molecular weight is 389 g/mol. The maximum Gasteiger partial charge on any atom is 0.344 e. The molecule has 0 aromatic heterocycles. The Balaban J connectivity index is 1.85. The van der Waals surface area contributed by atoms with Crippen LogP contribution in [0, 0.1) is 10.1 Å². The van der Waals surface area contributed by atoms with E-state index in [1.807, 2.05) is 0 Å². The molecule has 0 radical (unpaired) electrons. The molecule has 0 unspecified atom stereocenters. The summed E-state index contributed by atoms with van der Waals surface area (Å²) in [6, 6.07) is 11.1. The van der Waals surface area contributed by atoms with Gasteiger partial charge in [-0.25, -0.2) is 4.79 Å². The second kappa shape index (κ2) is 6.69. The van der Waals surface area contributed by atoms with Gasteiger partial charge < -0.3 is 5.32 Å². The molecular formula is C17H13ClN4O5. The SMILES string of the molecule is C[C@@]1(c2ccccc2)NC(=O)N(NC(=O)c2ccc(Cl)c([N+](=O)[O-])c2)C1=O. The van der Waals surface area contributed by atoms with E-state index in [1.165, 1.54) is 19.1 Å². The summed E-state index contributed by atoms with van der Waals surface area (Å²) >= 11 is 5.72. The third-order valence-electron chi connectivity index (χ3n) is 4.16. The third kappa shape index (κ3) is 3.20. The number of hydrogen-bond acceptors (Lipinski definition) is 5. The van der Waals surface area contributed by atoms with Crippen LogP contribution in [0.25, 0.3) is 0 Å². The molecule has 1 atom stereocenters. The van der Waals surface area contributed by atoms with E-state index in [4.69, 9.17) is 11.6 Å². The molecule has 0 saturated carbocycles. The van der Waals surface area contributed by atoms with Crippen molar-refractivity contribution in [1.29, 1.82) is 0 Å². The molecular weight excluding hydrogens is 376 g/mol. The zero-order valence-corrected chi connectivity index (χ0v) is 14.7. The second-order valence-corrected chi connectivity index (χ2v) is 6.33. The number of halogens is 1. The Labute approximate surface area is 158 Å². The van der Waals surface area contributed by atoms with E-state index >= 15 is 0 Å². The van der Waals surface area contributed by atoms with Crippen LogP contribution in [0.2, 0.25) is 5.02 Å². The first kappa shape index (κ1) is 18.3. The van der Waals surface area contributed by atoms with Crippen molar-refractivity contribution in [2.45, 2.75) is 12.5 Å². The summed E-state index contributed by atoms with van der Waals surface area (Å²) in [6.07, 6.45) is 0. The molecule has 3 rings (SSSR count). The molecule has 10 heteroatoms. The van der Waals surface area contributed by atoms with Gasteiger partial charge in [-0.15, -0.1) is 0 Å². The molecule has 0 spiro atoms. The van der Waals surface area contributed by atoms with Gasteiger partial charge in [0.2, 0.25) is 0 Å². The highest BCUT2D eigenvalue weighted by Gasteiger charge is 2.50. The van der Waals surface area contributed by atoms with Crippen molar-refractivity contribution in [1.82, 2.24) is 15.8 Å². The van der Waals surface area contributed by atoms with Gasteiger partial charge in [0.15, 0.2) is 0 Å². The van der Waals surface area contributed by atoms with Crippen molar-refractivity contribution in [2.24, 2.45) is 0 Å². The smallest absolute Gasteiger partial charge is 0.318 e. The van der Waals surface area contributed by atoms with E-state index in [9.17, 15) is 24.5 Å². The first-order valence-corrected chi connectivity index (χ1v) is 8.09. The Bertz CT molecular complexity index is 965. The van der Waals surface area contributed by atoms with Crippen molar-refractivity contribution >= 4 is 35.1 Å². The van der Waals surface area contributed by atoms with Gasteiger partial charge in [-0.3, -0.25) is 25.1 Å². The quantitative estimate of drug-likeness (QED) is 0.473. The normalized spacial score (nSPS) is 19.0. The lowest BCUT2D eigenvalue weighted by atomic mass is 9.92. The summed E-state index contributed by atoms with van der Waals surface area (Å²) in [5.41, 5.74) is 0.779. The van der Waals surface area contributed by atoms with Gasteiger partial charge in [-0.2, -0.15) is 5.01 Å².